The lowest BCUT2D eigenvalue weighted by Crippen LogP contribution is -2.36. The fourth-order valence-corrected chi connectivity index (χ4v) is 3.69. The summed E-state index contributed by atoms with van der Waals surface area (Å²) in [6.07, 6.45) is 4.89. The second-order valence-electron chi connectivity index (χ2n) is 6.37. The van der Waals surface area contributed by atoms with Gasteiger partial charge in [-0.2, -0.15) is 0 Å². The van der Waals surface area contributed by atoms with Gasteiger partial charge in [0.2, 0.25) is 0 Å². The van der Waals surface area contributed by atoms with Crippen molar-refractivity contribution in [3.05, 3.63) is 28.2 Å². The van der Waals surface area contributed by atoms with Gasteiger partial charge in [0.05, 0.1) is 11.8 Å². The molecule has 0 bridgehead atoms. The van der Waals surface area contributed by atoms with Gasteiger partial charge < -0.3 is 10.0 Å². The lowest BCUT2D eigenvalue weighted by molar-refractivity contribution is 0.199. The van der Waals surface area contributed by atoms with Crippen LogP contribution in [0.2, 0.25) is 0 Å². The van der Waals surface area contributed by atoms with E-state index in [9.17, 15) is 5.11 Å². The molecule has 0 radical (unpaired) electrons. The van der Waals surface area contributed by atoms with Gasteiger partial charge in [0, 0.05) is 17.1 Å². The molecule has 1 aromatic rings. The predicted molar refractivity (Wildman–Crippen MR) is 89.2 cm³/mol. The van der Waals surface area contributed by atoms with Crippen molar-refractivity contribution < 1.29 is 5.11 Å². The molecule has 0 aromatic heterocycles. The second-order valence-corrected chi connectivity index (χ2v) is 7.23. The highest BCUT2D eigenvalue weighted by Gasteiger charge is 2.25. The Morgan fingerprint density at radius 1 is 1.25 bits per heavy atom. The van der Waals surface area contributed by atoms with E-state index in [1.807, 2.05) is 13.0 Å². The molecule has 1 saturated carbocycles. The van der Waals surface area contributed by atoms with Gasteiger partial charge in [0.25, 0.3) is 0 Å². The van der Waals surface area contributed by atoms with Gasteiger partial charge >= 0.3 is 0 Å². The average Bonchev–Trinajstić information content (AvgIpc) is 2.89. The highest BCUT2D eigenvalue weighted by molar-refractivity contribution is 9.10. The standard InChI is InChI=1S/C17H26BrNO/c1-12(2)11-19(15-6-4-5-7-15)17-9-8-14(13(3)20)10-16(17)18/h8-10,12-13,15,20H,4-7,11H2,1-3H3/t13-/m0/s1. The van der Waals surface area contributed by atoms with E-state index >= 15 is 0 Å². The van der Waals surface area contributed by atoms with Crippen molar-refractivity contribution in [2.45, 2.75) is 58.6 Å². The molecule has 2 rings (SSSR count). The van der Waals surface area contributed by atoms with Crippen molar-refractivity contribution >= 4 is 21.6 Å². The highest BCUT2D eigenvalue weighted by atomic mass is 79.9. The van der Waals surface area contributed by atoms with E-state index in [0.29, 0.717) is 12.0 Å². The molecule has 2 nitrogen and oxygen atoms in total. The van der Waals surface area contributed by atoms with Crippen LogP contribution >= 0.6 is 15.9 Å². The van der Waals surface area contributed by atoms with E-state index in [1.54, 1.807) is 0 Å². The number of hydrogen-bond acceptors (Lipinski definition) is 2. The second kappa shape index (κ2) is 6.95. The first-order chi connectivity index (χ1) is 9.49. The molecule has 1 aliphatic carbocycles. The maximum Gasteiger partial charge on any atom is 0.0762 e. The Balaban J connectivity index is 2.27. The van der Waals surface area contributed by atoms with Crippen LogP contribution in [-0.4, -0.2) is 17.7 Å². The summed E-state index contributed by atoms with van der Waals surface area (Å²) in [5.74, 6) is 0.652. The molecule has 112 valence electrons. The zero-order chi connectivity index (χ0) is 14.7. The molecule has 0 unspecified atom stereocenters. The van der Waals surface area contributed by atoms with Crippen molar-refractivity contribution in [3.8, 4) is 0 Å². The maximum absolute atomic E-state index is 9.70. The minimum atomic E-state index is -0.412. The summed E-state index contributed by atoms with van der Waals surface area (Å²) in [7, 11) is 0. The number of nitrogens with zero attached hydrogens (tertiary/aromatic N) is 1. The molecule has 20 heavy (non-hydrogen) atoms. The summed E-state index contributed by atoms with van der Waals surface area (Å²) < 4.78 is 1.10. The Morgan fingerprint density at radius 2 is 1.90 bits per heavy atom. The lowest BCUT2D eigenvalue weighted by atomic mass is 10.1. The SMILES string of the molecule is CC(C)CN(c1ccc([C@H](C)O)cc1Br)C1CCCC1. The molecule has 0 aliphatic heterocycles. The third-order valence-corrected chi connectivity index (χ3v) is 4.73. The van der Waals surface area contributed by atoms with Gasteiger partial charge in [-0.3, -0.25) is 0 Å². The molecular formula is C17H26BrNO. The molecule has 3 heteroatoms. The summed E-state index contributed by atoms with van der Waals surface area (Å²) in [5, 5.41) is 9.70. The predicted octanol–water partition coefficient (Wildman–Crippen LogP) is 4.91. The molecule has 1 aliphatic rings. The van der Waals surface area contributed by atoms with E-state index in [0.717, 1.165) is 16.6 Å². The van der Waals surface area contributed by atoms with Gasteiger partial charge in [-0.15, -0.1) is 0 Å². The van der Waals surface area contributed by atoms with Gasteiger partial charge in [-0.25, -0.2) is 0 Å². The monoisotopic (exact) mass is 339 g/mol. The quantitative estimate of drug-likeness (QED) is 0.823. The van der Waals surface area contributed by atoms with Crippen molar-refractivity contribution in [2.75, 3.05) is 11.4 Å². The number of halogens is 1. The Bertz CT molecular complexity index is 439. The van der Waals surface area contributed by atoms with Gasteiger partial charge in [0.15, 0.2) is 0 Å². The minimum Gasteiger partial charge on any atom is -0.389 e. The first-order valence-corrected chi connectivity index (χ1v) is 8.52. The molecule has 1 aromatic carbocycles. The summed E-state index contributed by atoms with van der Waals surface area (Å²) >= 11 is 3.70. The van der Waals surface area contributed by atoms with Crippen molar-refractivity contribution in [3.63, 3.8) is 0 Å². The lowest BCUT2D eigenvalue weighted by Gasteiger charge is -2.34. The Labute approximate surface area is 131 Å². The number of benzene rings is 1. The first-order valence-electron chi connectivity index (χ1n) is 7.73. The first kappa shape index (κ1) is 15.8. The Kier molecular flexibility index (Phi) is 5.50. The summed E-state index contributed by atoms with van der Waals surface area (Å²) in [5.41, 5.74) is 2.24. The zero-order valence-electron chi connectivity index (χ0n) is 12.8. The van der Waals surface area contributed by atoms with Crippen LogP contribution in [0.4, 0.5) is 5.69 Å². The number of anilines is 1. The minimum absolute atomic E-state index is 0.412. The van der Waals surface area contributed by atoms with E-state index < -0.39 is 6.10 Å². The number of hydrogen-bond donors (Lipinski definition) is 1. The number of rotatable bonds is 5. The molecule has 0 heterocycles. The molecule has 1 fully saturated rings. The topological polar surface area (TPSA) is 23.5 Å². The molecular weight excluding hydrogens is 314 g/mol. The van der Waals surface area contributed by atoms with Crippen LogP contribution in [0.5, 0.6) is 0 Å². The highest BCUT2D eigenvalue weighted by Crippen LogP contribution is 2.35. The van der Waals surface area contributed by atoms with E-state index in [1.165, 1.54) is 31.4 Å². The van der Waals surface area contributed by atoms with Gasteiger partial charge in [-0.1, -0.05) is 32.8 Å². The van der Waals surface area contributed by atoms with Crippen molar-refractivity contribution in [2.24, 2.45) is 5.92 Å². The van der Waals surface area contributed by atoms with E-state index in [-0.39, 0.29) is 0 Å². The Hall–Kier alpha value is -0.540. The van der Waals surface area contributed by atoms with E-state index in [2.05, 4.69) is 46.8 Å². The molecule has 0 spiro atoms. The average molecular weight is 340 g/mol. The van der Waals surface area contributed by atoms with Crippen molar-refractivity contribution in [1.29, 1.82) is 0 Å². The smallest absolute Gasteiger partial charge is 0.0762 e. The maximum atomic E-state index is 9.70. The normalized spacial score (nSPS) is 17.7. The fraction of sp³-hybridized carbons (Fsp3) is 0.647. The van der Waals surface area contributed by atoms with Crippen LogP contribution < -0.4 is 4.90 Å². The largest absolute Gasteiger partial charge is 0.389 e. The molecule has 0 saturated heterocycles. The Morgan fingerprint density at radius 3 is 2.40 bits per heavy atom. The summed E-state index contributed by atoms with van der Waals surface area (Å²) in [6.45, 7) is 7.46. The zero-order valence-corrected chi connectivity index (χ0v) is 14.4. The van der Waals surface area contributed by atoms with Crippen LogP contribution in [0, 0.1) is 5.92 Å². The summed E-state index contributed by atoms with van der Waals surface area (Å²) in [4.78, 5) is 2.56. The van der Waals surface area contributed by atoms with Crippen LogP contribution in [0.15, 0.2) is 22.7 Å². The number of aliphatic hydroxyl groups excluding tert-OH is 1. The van der Waals surface area contributed by atoms with Gasteiger partial charge in [0.1, 0.15) is 0 Å². The third-order valence-electron chi connectivity index (χ3n) is 4.09. The van der Waals surface area contributed by atoms with Crippen LogP contribution in [0.1, 0.15) is 58.1 Å². The summed E-state index contributed by atoms with van der Waals surface area (Å²) in [6, 6.07) is 6.94. The molecule has 0 amide bonds. The van der Waals surface area contributed by atoms with Crippen LogP contribution in [0.25, 0.3) is 0 Å². The van der Waals surface area contributed by atoms with Gasteiger partial charge in [-0.05, 0) is 59.3 Å². The molecule has 1 N–H and O–H groups in total. The fourth-order valence-electron chi connectivity index (χ4n) is 3.07. The molecule has 1 atom stereocenters. The van der Waals surface area contributed by atoms with Crippen LogP contribution in [0.3, 0.4) is 0 Å². The van der Waals surface area contributed by atoms with E-state index in [4.69, 9.17) is 0 Å². The van der Waals surface area contributed by atoms with Crippen LogP contribution in [-0.2, 0) is 0 Å². The van der Waals surface area contributed by atoms with Crippen molar-refractivity contribution in [1.82, 2.24) is 0 Å². The third kappa shape index (κ3) is 3.76. The number of aliphatic hydroxyl groups is 1.